The number of hydrogen-bond acceptors (Lipinski definition) is 1. The second-order valence-electron chi connectivity index (χ2n) is 4.23. The summed E-state index contributed by atoms with van der Waals surface area (Å²) in [6.07, 6.45) is 0.823. The molecule has 0 bridgehead atoms. The summed E-state index contributed by atoms with van der Waals surface area (Å²) in [6, 6.07) is 11.8. The Balaban J connectivity index is 2.28. The van der Waals surface area contributed by atoms with E-state index in [1.54, 1.807) is 12.1 Å². The molecule has 0 unspecified atom stereocenters. The molecule has 3 rings (SSSR count). The van der Waals surface area contributed by atoms with E-state index < -0.39 is 0 Å². The average Bonchev–Trinajstić information content (AvgIpc) is 2.77. The zero-order valence-corrected chi connectivity index (χ0v) is 11.4. The number of aromatic nitrogens is 1. The van der Waals surface area contributed by atoms with Gasteiger partial charge in [0.05, 0.1) is 5.69 Å². The van der Waals surface area contributed by atoms with Crippen molar-refractivity contribution in [3.63, 3.8) is 0 Å². The molecule has 4 heteroatoms. The fourth-order valence-electron chi connectivity index (χ4n) is 2.15. The fourth-order valence-corrected chi connectivity index (χ4v) is 2.51. The maximum Gasteiger partial charge on any atom is 0.152 e. The third-order valence-corrected chi connectivity index (χ3v) is 3.54. The summed E-state index contributed by atoms with van der Waals surface area (Å²) in [7, 11) is 0. The Morgan fingerprint density at radius 3 is 2.53 bits per heavy atom. The second-order valence-corrected chi connectivity index (χ2v) is 5.14. The first-order valence-corrected chi connectivity index (χ1v) is 6.50. The fraction of sp³-hybridized carbons (Fsp3) is 0. The van der Waals surface area contributed by atoms with E-state index in [1.165, 1.54) is 12.1 Å². The highest BCUT2D eigenvalue weighted by Gasteiger charge is 2.12. The molecule has 1 aromatic heterocycles. The first kappa shape index (κ1) is 12.1. The topological polar surface area (TPSA) is 32.9 Å². The van der Waals surface area contributed by atoms with Crippen LogP contribution in [0.4, 0.5) is 4.39 Å². The van der Waals surface area contributed by atoms with Crippen LogP contribution in [0.2, 0.25) is 0 Å². The number of aromatic amines is 1. The van der Waals surface area contributed by atoms with Crippen molar-refractivity contribution in [2.24, 2.45) is 0 Å². The Hall–Kier alpha value is -1.94. The smallest absolute Gasteiger partial charge is 0.152 e. The van der Waals surface area contributed by atoms with Gasteiger partial charge < -0.3 is 4.98 Å². The molecule has 1 N–H and O–H groups in total. The largest absolute Gasteiger partial charge is 0.354 e. The van der Waals surface area contributed by atoms with Crippen molar-refractivity contribution in [1.82, 2.24) is 4.98 Å². The van der Waals surface area contributed by atoms with Gasteiger partial charge in [-0.25, -0.2) is 4.39 Å². The molecule has 94 valence electrons. The minimum absolute atomic E-state index is 0.296. The van der Waals surface area contributed by atoms with Gasteiger partial charge in [-0.1, -0.05) is 15.9 Å². The zero-order chi connectivity index (χ0) is 13.4. The number of fused-ring (bicyclic) bond motifs is 1. The van der Waals surface area contributed by atoms with Crippen molar-refractivity contribution >= 4 is 33.1 Å². The predicted molar refractivity (Wildman–Crippen MR) is 76.8 cm³/mol. The normalized spacial score (nSPS) is 10.8. The highest BCUT2D eigenvalue weighted by atomic mass is 79.9. The highest BCUT2D eigenvalue weighted by molar-refractivity contribution is 9.10. The molecule has 0 aliphatic rings. The molecule has 0 radical (unpaired) electrons. The van der Waals surface area contributed by atoms with Crippen LogP contribution in [0.15, 0.2) is 46.9 Å². The molecule has 0 aliphatic heterocycles. The summed E-state index contributed by atoms with van der Waals surface area (Å²) < 4.78 is 13.9. The molecule has 0 saturated heterocycles. The Morgan fingerprint density at radius 2 is 1.84 bits per heavy atom. The lowest BCUT2D eigenvalue weighted by Crippen LogP contribution is -1.85. The maximum absolute atomic E-state index is 13.0. The van der Waals surface area contributed by atoms with Crippen molar-refractivity contribution in [2.75, 3.05) is 0 Å². The SMILES string of the molecule is O=Cc1c(-c2ccc(F)cc2)[nH]c2ccc(Br)cc12. The number of carbonyl (C=O) groups is 1. The van der Waals surface area contributed by atoms with Gasteiger partial charge in [0.2, 0.25) is 0 Å². The number of benzene rings is 2. The molecule has 3 aromatic rings. The van der Waals surface area contributed by atoms with Gasteiger partial charge in [-0.05, 0) is 48.0 Å². The predicted octanol–water partition coefficient (Wildman–Crippen LogP) is 4.55. The molecule has 0 aliphatic carbocycles. The first-order chi connectivity index (χ1) is 9.19. The van der Waals surface area contributed by atoms with E-state index in [-0.39, 0.29) is 5.82 Å². The number of halogens is 2. The molecular weight excluding hydrogens is 309 g/mol. The summed E-state index contributed by atoms with van der Waals surface area (Å²) in [5.74, 6) is -0.296. The standard InChI is InChI=1S/C15H9BrFNO/c16-10-3-6-14-12(7-10)13(8-19)15(18-14)9-1-4-11(17)5-2-9/h1-8,18H. The van der Waals surface area contributed by atoms with Crippen molar-refractivity contribution in [1.29, 1.82) is 0 Å². The van der Waals surface area contributed by atoms with Crippen molar-refractivity contribution < 1.29 is 9.18 Å². The number of H-pyrrole nitrogens is 1. The second kappa shape index (κ2) is 4.63. The Labute approximate surface area is 117 Å². The number of carbonyl (C=O) groups excluding carboxylic acids is 1. The molecule has 0 atom stereocenters. The van der Waals surface area contributed by atoms with E-state index in [1.807, 2.05) is 18.2 Å². The van der Waals surface area contributed by atoms with Crippen LogP contribution in [0.3, 0.4) is 0 Å². The van der Waals surface area contributed by atoms with Crippen molar-refractivity contribution in [3.05, 3.63) is 58.3 Å². The van der Waals surface area contributed by atoms with E-state index in [0.29, 0.717) is 11.3 Å². The van der Waals surface area contributed by atoms with Crippen LogP contribution in [0, 0.1) is 5.82 Å². The third kappa shape index (κ3) is 2.08. The monoisotopic (exact) mass is 317 g/mol. The van der Waals surface area contributed by atoms with Gasteiger partial charge in [-0.3, -0.25) is 4.79 Å². The van der Waals surface area contributed by atoms with Gasteiger partial charge in [0, 0.05) is 20.9 Å². The lowest BCUT2D eigenvalue weighted by atomic mass is 10.1. The van der Waals surface area contributed by atoms with Gasteiger partial charge in [-0.15, -0.1) is 0 Å². The van der Waals surface area contributed by atoms with Gasteiger partial charge in [0.1, 0.15) is 5.82 Å². The highest BCUT2D eigenvalue weighted by Crippen LogP contribution is 2.30. The van der Waals surface area contributed by atoms with Gasteiger partial charge in [0.15, 0.2) is 6.29 Å². The number of hydrogen-bond donors (Lipinski definition) is 1. The molecule has 0 amide bonds. The minimum Gasteiger partial charge on any atom is -0.354 e. The summed E-state index contributed by atoms with van der Waals surface area (Å²) in [5, 5.41) is 0.851. The summed E-state index contributed by atoms with van der Waals surface area (Å²) in [4.78, 5) is 14.5. The van der Waals surface area contributed by atoms with Crippen LogP contribution < -0.4 is 0 Å². The Morgan fingerprint density at radius 1 is 1.11 bits per heavy atom. The number of rotatable bonds is 2. The third-order valence-electron chi connectivity index (χ3n) is 3.05. The quantitative estimate of drug-likeness (QED) is 0.691. The van der Waals surface area contributed by atoms with E-state index in [4.69, 9.17) is 0 Å². The van der Waals surface area contributed by atoms with E-state index in [0.717, 1.165) is 27.2 Å². The summed E-state index contributed by atoms with van der Waals surface area (Å²) >= 11 is 3.39. The number of nitrogens with one attached hydrogen (secondary N) is 1. The molecule has 0 saturated carbocycles. The zero-order valence-electron chi connectivity index (χ0n) is 9.78. The lowest BCUT2D eigenvalue weighted by molar-refractivity contribution is 0.112. The average molecular weight is 318 g/mol. The molecule has 2 aromatic carbocycles. The molecular formula is C15H9BrFNO. The number of aldehydes is 1. The summed E-state index contributed by atoms with van der Waals surface area (Å²) in [6.45, 7) is 0. The molecule has 19 heavy (non-hydrogen) atoms. The van der Waals surface area contributed by atoms with Gasteiger partial charge in [-0.2, -0.15) is 0 Å². The van der Waals surface area contributed by atoms with Crippen LogP contribution in [0.25, 0.3) is 22.2 Å². The Bertz CT molecular complexity index is 762. The van der Waals surface area contributed by atoms with E-state index in [2.05, 4.69) is 20.9 Å². The minimum atomic E-state index is -0.296. The molecule has 1 heterocycles. The molecule has 2 nitrogen and oxygen atoms in total. The maximum atomic E-state index is 13.0. The van der Waals surface area contributed by atoms with Crippen LogP contribution in [-0.4, -0.2) is 11.3 Å². The van der Waals surface area contributed by atoms with Crippen LogP contribution in [0.1, 0.15) is 10.4 Å². The lowest BCUT2D eigenvalue weighted by Gasteiger charge is -1.99. The van der Waals surface area contributed by atoms with Crippen molar-refractivity contribution in [3.8, 4) is 11.3 Å². The first-order valence-electron chi connectivity index (χ1n) is 5.71. The van der Waals surface area contributed by atoms with Crippen LogP contribution >= 0.6 is 15.9 Å². The van der Waals surface area contributed by atoms with Crippen LogP contribution in [-0.2, 0) is 0 Å². The van der Waals surface area contributed by atoms with Crippen molar-refractivity contribution in [2.45, 2.75) is 0 Å². The Kier molecular flexibility index (Phi) is 2.95. The van der Waals surface area contributed by atoms with Gasteiger partial charge >= 0.3 is 0 Å². The summed E-state index contributed by atoms with van der Waals surface area (Å²) in [5.41, 5.74) is 2.96. The van der Waals surface area contributed by atoms with E-state index >= 15 is 0 Å². The van der Waals surface area contributed by atoms with E-state index in [9.17, 15) is 9.18 Å². The van der Waals surface area contributed by atoms with Crippen LogP contribution in [0.5, 0.6) is 0 Å². The molecule has 0 fully saturated rings. The van der Waals surface area contributed by atoms with Gasteiger partial charge in [0.25, 0.3) is 0 Å². The molecule has 0 spiro atoms.